The van der Waals surface area contributed by atoms with Crippen molar-refractivity contribution >= 4 is 23.1 Å². The molecule has 3 rings (SSSR count). The average Bonchev–Trinajstić information content (AvgIpc) is 2.63. The van der Waals surface area contributed by atoms with Crippen LogP contribution in [0.3, 0.4) is 0 Å². The molecule has 0 saturated carbocycles. The Hall–Kier alpha value is -3.15. The fraction of sp³-hybridized carbons (Fsp3) is 0.211. The van der Waals surface area contributed by atoms with Crippen LogP contribution in [-0.2, 0) is 6.42 Å². The number of ether oxygens (including phenoxy) is 1. The minimum Gasteiger partial charge on any atom is -0.495 e. The van der Waals surface area contributed by atoms with Crippen LogP contribution in [0.5, 0.6) is 5.75 Å². The minimum atomic E-state index is 0.405. The maximum absolute atomic E-state index is 5.37. The molecule has 0 amide bonds. The molecule has 0 fully saturated rings. The molecule has 0 saturated heterocycles. The van der Waals surface area contributed by atoms with Crippen molar-refractivity contribution in [2.45, 2.75) is 20.3 Å². The summed E-state index contributed by atoms with van der Waals surface area (Å²) in [6.07, 6.45) is 2.54. The van der Waals surface area contributed by atoms with Gasteiger partial charge in [0.25, 0.3) is 0 Å². The molecule has 128 valence electrons. The molecule has 0 atom stereocenters. The normalized spacial score (nSPS) is 10.4. The lowest BCUT2D eigenvalue weighted by molar-refractivity contribution is 0.416. The number of rotatable bonds is 6. The number of hydrogen-bond donors (Lipinski definition) is 2. The van der Waals surface area contributed by atoms with Crippen LogP contribution in [0.15, 0.2) is 48.7 Å². The predicted octanol–water partition coefficient (Wildman–Crippen LogP) is 4.24. The molecule has 0 aliphatic rings. The Kier molecular flexibility index (Phi) is 5.09. The van der Waals surface area contributed by atoms with E-state index in [1.54, 1.807) is 13.3 Å². The molecule has 2 N–H and O–H groups in total. The van der Waals surface area contributed by atoms with Crippen LogP contribution in [0.4, 0.5) is 23.1 Å². The van der Waals surface area contributed by atoms with Gasteiger partial charge in [0.2, 0.25) is 5.95 Å². The SMILES string of the molecule is CCc1ccccc1Nc1cnnc(Nc2cc(C)ccc2OC)n1. The van der Waals surface area contributed by atoms with Gasteiger partial charge in [0.05, 0.1) is 19.0 Å². The zero-order valence-corrected chi connectivity index (χ0v) is 14.6. The van der Waals surface area contributed by atoms with Crippen molar-refractivity contribution in [1.29, 1.82) is 0 Å². The number of nitrogens with one attached hydrogen (secondary N) is 2. The van der Waals surface area contributed by atoms with Crippen molar-refractivity contribution in [1.82, 2.24) is 15.2 Å². The first-order valence-electron chi connectivity index (χ1n) is 8.16. The lowest BCUT2D eigenvalue weighted by Crippen LogP contribution is -2.04. The van der Waals surface area contributed by atoms with Crippen molar-refractivity contribution in [3.63, 3.8) is 0 Å². The van der Waals surface area contributed by atoms with Gasteiger partial charge < -0.3 is 15.4 Å². The number of methoxy groups -OCH3 is 1. The summed E-state index contributed by atoms with van der Waals surface area (Å²) in [5.74, 6) is 1.76. The van der Waals surface area contributed by atoms with E-state index in [9.17, 15) is 0 Å². The van der Waals surface area contributed by atoms with Crippen LogP contribution >= 0.6 is 0 Å². The van der Waals surface area contributed by atoms with E-state index in [-0.39, 0.29) is 0 Å². The molecule has 0 bridgehead atoms. The highest BCUT2D eigenvalue weighted by molar-refractivity contribution is 5.65. The van der Waals surface area contributed by atoms with Gasteiger partial charge in [-0.25, -0.2) is 0 Å². The molecule has 6 nitrogen and oxygen atoms in total. The quantitative estimate of drug-likeness (QED) is 0.702. The van der Waals surface area contributed by atoms with E-state index in [1.165, 1.54) is 5.56 Å². The Morgan fingerprint density at radius 3 is 2.68 bits per heavy atom. The van der Waals surface area contributed by atoms with Crippen LogP contribution in [0.25, 0.3) is 0 Å². The first-order valence-corrected chi connectivity index (χ1v) is 8.16. The number of hydrogen-bond acceptors (Lipinski definition) is 6. The predicted molar refractivity (Wildman–Crippen MR) is 99.9 cm³/mol. The molecule has 0 unspecified atom stereocenters. The second-order valence-corrected chi connectivity index (χ2v) is 5.63. The minimum absolute atomic E-state index is 0.405. The summed E-state index contributed by atoms with van der Waals surface area (Å²) in [6, 6.07) is 14.0. The molecule has 1 aromatic heterocycles. The number of aromatic nitrogens is 3. The second kappa shape index (κ2) is 7.61. The van der Waals surface area contributed by atoms with E-state index < -0.39 is 0 Å². The van der Waals surface area contributed by atoms with Gasteiger partial charge in [-0.15, -0.1) is 5.10 Å². The molecule has 0 aliphatic carbocycles. The average molecular weight is 335 g/mol. The number of anilines is 4. The summed E-state index contributed by atoms with van der Waals surface area (Å²) in [6.45, 7) is 4.14. The molecule has 1 heterocycles. The molecule has 0 spiro atoms. The fourth-order valence-corrected chi connectivity index (χ4v) is 2.55. The third kappa shape index (κ3) is 4.03. The van der Waals surface area contributed by atoms with Gasteiger partial charge >= 0.3 is 0 Å². The summed E-state index contributed by atoms with van der Waals surface area (Å²) in [5.41, 5.74) is 4.15. The third-order valence-corrected chi connectivity index (χ3v) is 3.82. The highest BCUT2D eigenvalue weighted by atomic mass is 16.5. The van der Waals surface area contributed by atoms with E-state index in [0.29, 0.717) is 11.8 Å². The van der Waals surface area contributed by atoms with E-state index >= 15 is 0 Å². The van der Waals surface area contributed by atoms with Crippen molar-refractivity contribution in [2.75, 3.05) is 17.7 Å². The van der Waals surface area contributed by atoms with Gasteiger partial charge in [-0.3, -0.25) is 0 Å². The first-order chi connectivity index (χ1) is 12.2. The second-order valence-electron chi connectivity index (χ2n) is 5.63. The van der Waals surface area contributed by atoms with Gasteiger partial charge in [0.1, 0.15) is 5.75 Å². The van der Waals surface area contributed by atoms with Crippen molar-refractivity contribution in [3.05, 3.63) is 59.8 Å². The molecule has 2 aromatic carbocycles. The van der Waals surface area contributed by atoms with Gasteiger partial charge in [-0.1, -0.05) is 31.2 Å². The fourth-order valence-electron chi connectivity index (χ4n) is 2.55. The van der Waals surface area contributed by atoms with Gasteiger partial charge in [0.15, 0.2) is 5.82 Å². The monoisotopic (exact) mass is 335 g/mol. The Morgan fingerprint density at radius 1 is 1.04 bits per heavy atom. The number of para-hydroxylation sites is 1. The van der Waals surface area contributed by atoms with Crippen LogP contribution in [0.2, 0.25) is 0 Å². The largest absolute Gasteiger partial charge is 0.495 e. The number of aryl methyl sites for hydroxylation is 2. The maximum atomic E-state index is 5.37. The number of benzene rings is 2. The van der Waals surface area contributed by atoms with Gasteiger partial charge in [0, 0.05) is 5.69 Å². The Bertz CT molecular complexity index is 866. The lowest BCUT2D eigenvalue weighted by atomic mass is 10.1. The molecule has 0 radical (unpaired) electrons. The standard InChI is InChI=1S/C19H21N5O/c1-4-14-7-5-6-8-15(14)21-18-12-20-24-19(23-18)22-16-11-13(2)9-10-17(16)25-3/h5-12H,4H2,1-3H3,(H2,21,22,23,24). The van der Waals surface area contributed by atoms with Crippen LogP contribution < -0.4 is 15.4 Å². The summed E-state index contributed by atoms with van der Waals surface area (Å²) in [7, 11) is 1.63. The zero-order valence-electron chi connectivity index (χ0n) is 14.6. The van der Waals surface area contributed by atoms with E-state index in [0.717, 1.165) is 29.1 Å². The lowest BCUT2D eigenvalue weighted by Gasteiger charge is -2.12. The summed E-state index contributed by atoms with van der Waals surface area (Å²) in [5, 5.41) is 14.6. The van der Waals surface area contributed by atoms with Crippen molar-refractivity contribution in [2.24, 2.45) is 0 Å². The van der Waals surface area contributed by atoms with E-state index in [2.05, 4.69) is 38.8 Å². The van der Waals surface area contributed by atoms with Crippen molar-refractivity contribution < 1.29 is 4.74 Å². The van der Waals surface area contributed by atoms with Crippen LogP contribution in [0, 0.1) is 6.92 Å². The molecule has 3 aromatic rings. The zero-order chi connectivity index (χ0) is 17.6. The topological polar surface area (TPSA) is 72.0 Å². The molecule has 6 heteroatoms. The maximum Gasteiger partial charge on any atom is 0.249 e. The third-order valence-electron chi connectivity index (χ3n) is 3.82. The van der Waals surface area contributed by atoms with Gasteiger partial charge in [-0.05, 0) is 42.7 Å². The van der Waals surface area contributed by atoms with E-state index in [4.69, 9.17) is 4.74 Å². The summed E-state index contributed by atoms with van der Waals surface area (Å²) < 4.78 is 5.37. The molecule has 0 aliphatic heterocycles. The molecule has 25 heavy (non-hydrogen) atoms. The van der Waals surface area contributed by atoms with E-state index in [1.807, 2.05) is 43.3 Å². The molecular weight excluding hydrogens is 314 g/mol. The van der Waals surface area contributed by atoms with Crippen molar-refractivity contribution in [3.8, 4) is 5.75 Å². The van der Waals surface area contributed by atoms with Crippen LogP contribution in [-0.4, -0.2) is 22.3 Å². The summed E-state index contributed by atoms with van der Waals surface area (Å²) >= 11 is 0. The molecular formula is C19H21N5O. The summed E-state index contributed by atoms with van der Waals surface area (Å²) in [4.78, 5) is 4.49. The first kappa shape index (κ1) is 16.7. The smallest absolute Gasteiger partial charge is 0.249 e. The van der Waals surface area contributed by atoms with Crippen LogP contribution in [0.1, 0.15) is 18.1 Å². The Balaban J connectivity index is 1.84. The van der Waals surface area contributed by atoms with Gasteiger partial charge in [-0.2, -0.15) is 10.1 Å². The highest BCUT2D eigenvalue weighted by Gasteiger charge is 2.08. The highest BCUT2D eigenvalue weighted by Crippen LogP contribution is 2.27. The Morgan fingerprint density at radius 2 is 1.88 bits per heavy atom. The Labute approximate surface area is 147 Å². The number of nitrogens with zero attached hydrogens (tertiary/aromatic N) is 3.